The first-order chi connectivity index (χ1) is 10.8. The predicted octanol–water partition coefficient (Wildman–Crippen LogP) is 2.27. The number of para-hydroxylation sites is 2. The molecule has 0 fully saturated rings. The van der Waals surface area contributed by atoms with E-state index in [2.05, 4.69) is 20.3 Å². The summed E-state index contributed by atoms with van der Waals surface area (Å²) in [6.07, 6.45) is 5.33. The number of amides is 1. The third kappa shape index (κ3) is 2.31. The molecule has 1 amide bonds. The molecule has 0 spiro atoms. The molecule has 0 unspecified atom stereocenters. The Hall–Kier alpha value is -2.80. The van der Waals surface area contributed by atoms with Crippen LogP contribution in [0.2, 0.25) is 0 Å². The number of nitrogens with zero attached hydrogens (tertiary/aromatic N) is 4. The molecule has 0 aliphatic carbocycles. The minimum Gasteiger partial charge on any atom is -0.345 e. The largest absolute Gasteiger partial charge is 0.345 e. The van der Waals surface area contributed by atoms with Gasteiger partial charge in [-0.2, -0.15) is 0 Å². The quantitative estimate of drug-likeness (QED) is 0.630. The van der Waals surface area contributed by atoms with Crippen molar-refractivity contribution in [1.82, 2.24) is 24.7 Å². The van der Waals surface area contributed by atoms with Crippen LogP contribution in [0.1, 0.15) is 16.2 Å². The van der Waals surface area contributed by atoms with E-state index >= 15 is 0 Å². The summed E-state index contributed by atoms with van der Waals surface area (Å²) in [6, 6.07) is 7.46. The molecule has 4 rings (SSSR count). The van der Waals surface area contributed by atoms with Gasteiger partial charge in [-0.25, -0.2) is 9.97 Å². The zero-order chi connectivity index (χ0) is 14.9. The molecule has 0 aliphatic rings. The van der Waals surface area contributed by atoms with Crippen molar-refractivity contribution in [3.05, 3.63) is 59.6 Å². The van der Waals surface area contributed by atoms with E-state index in [1.165, 1.54) is 6.20 Å². The monoisotopic (exact) mass is 309 g/mol. The van der Waals surface area contributed by atoms with Crippen molar-refractivity contribution in [3.63, 3.8) is 0 Å². The topological polar surface area (TPSA) is 72.2 Å². The van der Waals surface area contributed by atoms with Crippen molar-refractivity contribution < 1.29 is 4.79 Å². The van der Waals surface area contributed by atoms with E-state index in [9.17, 15) is 4.79 Å². The van der Waals surface area contributed by atoms with Crippen LogP contribution < -0.4 is 5.32 Å². The van der Waals surface area contributed by atoms with E-state index in [0.29, 0.717) is 17.8 Å². The lowest BCUT2D eigenvalue weighted by Crippen LogP contribution is -2.24. The zero-order valence-corrected chi connectivity index (χ0v) is 12.2. The Labute approximate surface area is 129 Å². The van der Waals surface area contributed by atoms with Gasteiger partial charge in [-0.15, -0.1) is 11.3 Å². The first kappa shape index (κ1) is 12.9. The lowest BCUT2D eigenvalue weighted by atomic mass is 10.3. The molecule has 0 atom stereocenters. The summed E-state index contributed by atoms with van der Waals surface area (Å²) in [4.78, 5) is 26.1. The van der Waals surface area contributed by atoms with Crippen LogP contribution in [0.3, 0.4) is 0 Å². The molecule has 1 N–H and O–H groups in total. The number of carbonyl (C=O) groups excluding carboxylic acids is 1. The molecule has 22 heavy (non-hydrogen) atoms. The van der Waals surface area contributed by atoms with Crippen LogP contribution in [0.25, 0.3) is 16.0 Å². The number of imidazole rings is 1. The number of rotatable bonds is 3. The van der Waals surface area contributed by atoms with Crippen molar-refractivity contribution >= 4 is 33.2 Å². The van der Waals surface area contributed by atoms with Gasteiger partial charge in [0.2, 0.25) is 0 Å². The Morgan fingerprint density at radius 1 is 1.23 bits per heavy atom. The lowest BCUT2D eigenvalue weighted by Gasteiger charge is -2.03. The number of benzene rings is 1. The summed E-state index contributed by atoms with van der Waals surface area (Å²) in [5.74, 6) is -0.255. The van der Waals surface area contributed by atoms with Crippen LogP contribution in [0, 0.1) is 0 Å². The van der Waals surface area contributed by atoms with Crippen LogP contribution in [-0.4, -0.2) is 25.3 Å². The number of carbonyl (C=O) groups is 1. The van der Waals surface area contributed by atoms with E-state index in [4.69, 9.17) is 0 Å². The third-order valence-corrected chi connectivity index (χ3v) is 4.03. The Morgan fingerprint density at radius 3 is 2.95 bits per heavy atom. The fraction of sp³-hybridized carbons (Fsp3) is 0.0667. The molecule has 0 radical (unpaired) electrons. The summed E-state index contributed by atoms with van der Waals surface area (Å²) >= 11 is 1.56. The highest BCUT2D eigenvalue weighted by atomic mass is 32.1. The van der Waals surface area contributed by atoms with E-state index in [1.54, 1.807) is 11.3 Å². The van der Waals surface area contributed by atoms with Gasteiger partial charge in [0.15, 0.2) is 4.96 Å². The molecule has 3 aromatic heterocycles. The number of hydrogen-bond acceptors (Lipinski definition) is 5. The molecule has 0 saturated heterocycles. The Kier molecular flexibility index (Phi) is 3.05. The van der Waals surface area contributed by atoms with Gasteiger partial charge >= 0.3 is 0 Å². The van der Waals surface area contributed by atoms with Gasteiger partial charge in [0.05, 0.1) is 29.5 Å². The first-order valence-electron chi connectivity index (χ1n) is 6.71. The predicted molar refractivity (Wildman–Crippen MR) is 83.8 cm³/mol. The van der Waals surface area contributed by atoms with Crippen molar-refractivity contribution in [2.75, 3.05) is 0 Å². The van der Waals surface area contributed by atoms with E-state index in [-0.39, 0.29) is 5.91 Å². The molecule has 6 nitrogen and oxygen atoms in total. The number of hydrogen-bond donors (Lipinski definition) is 1. The molecule has 4 aromatic rings. The highest BCUT2D eigenvalue weighted by Gasteiger charge is 2.10. The van der Waals surface area contributed by atoms with Crippen molar-refractivity contribution in [3.8, 4) is 0 Å². The summed E-state index contributed by atoms with van der Waals surface area (Å²) in [7, 11) is 0. The molecule has 3 heterocycles. The lowest BCUT2D eigenvalue weighted by molar-refractivity contribution is 0.0945. The smallest absolute Gasteiger partial charge is 0.271 e. The molecule has 7 heteroatoms. The molecule has 0 saturated carbocycles. The fourth-order valence-electron chi connectivity index (χ4n) is 2.19. The van der Waals surface area contributed by atoms with E-state index in [1.807, 2.05) is 46.4 Å². The SMILES string of the molecule is O=C(NCc1cn2ccsc2n1)c1cnc2ccccc2n1. The molecule has 0 aliphatic heterocycles. The average molecular weight is 309 g/mol. The Balaban J connectivity index is 1.51. The van der Waals surface area contributed by atoms with Gasteiger partial charge in [-0.1, -0.05) is 12.1 Å². The average Bonchev–Trinajstić information content (AvgIpc) is 3.13. The van der Waals surface area contributed by atoms with Gasteiger partial charge in [0.25, 0.3) is 5.91 Å². The summed E-state index contributed by atoms with van der Waals surface area (Å²) < 4.78 is 1.93. The van der Waals surface area contributed by atoms with Crippen molar-refractivity contribution in [2.24, 2.45) is 0 Å². The minimum atomic E-state index is -0.255. The van der Waals surface area contributed by atoms with Gasteiger partial charge in [-0.05, 0) is 12.1 Å². The van der Waals surface area contributed by atoms with Crippen molar-refractivity contribution in [1.29, 1.82) is 0 Å². The highest BCUT2D eigenvalue weighted by molar-refractivity contribution is 7.15. The van der Waals surface area contributed by atoms with Gasteiger partial charge in [0, 0.05) is 17.8 Å². The highest BCUT2D eigenvalue weighted by Crippen LogP contribution is 2.11. The number of thiazole rings is 1. The Bertz CT molecular complexity index is 946. The number of nitrogens with one attached hydrogen (secondary N) is 1. The summed E-state index contributed by atoms with van der Waals surface area (Å²) in [5, 5.41) is 4.79. The zero-order valence-electron chi connectivity index (χ0n) is 11.4. The number of aromatic nitrogens is 4. The molecular formula is C15H11N5OS. The Morgan fingerprint density at radius 2 is 2.09 bits per heavy atom. The minimum absolute atomic E-state index is 0.255. The summed E-state index contributed by atoms with van der Waals surface area (Å²) in [5.41, 5.74) is 2.60. The molecule has 108 valence electrons. The van der Waals surface area contributed by atoms with Crippen LogP contribution in [-0.2, 0) is 6.54 Å². The van der Waals surface area contributed by atoms with Crippen LogP contribution in [0.15, 0.2) is 48.2 Å². The van der Waals surface area contributed by atoms with Crippen LogP contribution in [0.5, 0.6) is 0 Å². The number of fused-ring (bicyclic) bond motifs is 2. The fourth-order valence-corrected chi connectivity index (χ4v) is 2.91. The second-order valence-corrected chi connectivity index (χ2v) is 5.62. The van der Waals surface area contributed by atoms with Crippen molar-refractivity contribution in [2.45, 2.75) is 6.54 Å². The third-order valence-electron chi connectivity index (χ3n) is 3.25. The van der Waals surface area contributed by atoms with Gasteiger partial charge in [-0.3, -0.25) is 14.2 Å². The second kappa shape index (κ2) is 5.19. The van der Waals surface area contributed by atoms with Gasteiger partial charge < -0.3 is 5.32 Å². The molecule has 1 aromatic carbocycles. The molecule has 0 bridgehead atoms. The maximum absolute atomic E-state index is 12.2. The maximum Gasteiger partial charge on any atom is 0.271 e. The summed E-state index contributed by atoms with van der Waals surface area (Å²) in [6.45, 7) is 0.363. The van der Waals surface area contributed by atoms with Crippen LogP contribution in [0.4, 0.5) is 0 Å². The first-order valence-corrected chi connectivity index (χ1v) is 7.58. The van der Waals surface area contributed by atoms with Gasteiger partial charge in [0.1, 0.15) is 5.69 Å². The van der Waals surface area contributed by atoms with E-state index < -0.39 is 0 Å². The maximum atomic E-state index is 12.2. The molecular weight excluding hydrogens is 298 g/mol. The second-order valence-electron chi connectivity index (χ2n) is 4.75. The van der Waals surface area contributed by atoms with Crippen LogP contribution >= 0.6 is 11.3 Å². The standard InChI is InChI=1S/C15H11N5OS/c21-14(13-8-16-11-3-1-2-4-12(11)19-13)17-7-10-9-20-5-6-22-15(20)18-10/h1-6,8-9H,7H2,(H,17,21). The normalized spacial score (nSPS) is 11.1. The van der Waals surface area contributed by atoms with E-state index in [0.717, 1.165) is 16.2 Å².